The van der Waals surface area contributed by atoms with Crippen LogP contribution in [-0.4, -0.2) is 54.4 Å². The second-order valence-corrected chi connectivity index (χ2v) is 9.79. The summed E-state index contributed by atoms with van der Waals surface area (Å²) in [6.07, 6.45) is 0.169. The van der Waals surface area contributed by atoms with Crippen LogP contribution >= 0.6 is 0 Å². The van der Waals surface area contributed by atoms with Crippen LogP contribution in [0.2, 0.25) is 0 Å². The van der Waals surface area contributed by atoms with Crippen molar-refractivity contribution in [1.29, 1.82) is 0 Å². The molecule has 0 aromatic heterocycles. The minimum atomic E-state index is -0.842. The summed E-state index contributed by atoms with van der Waals surface area (Å²) in [5.41, 5.74) is 5.54. The SMILES string of the molecule is CC(C)(C)OC(=O)/N=C(\NCCCCNC(=O)[C@@H](N)Cc1ccccc1)NC(=O)OC(C)(C)C. The van der Waals surface area contributed by atoms with E-state index in [0.717, 1.165) is 5.56 Å². The highest BCUT2D eigenvalue weighted by molar-refractivity contribution is 5.98. The molecule has 0 heterocycles. The van der Waals surface area contributed by atoms with Crippen LogP contribution in [0.3, 0.4) is 0 Å². The molecular formula is C24H39N5O5. The Hall–Kier alpha value is -3.14. The number of guanidine groups is 1. The van der Waals surface area contributed by atoms with Crippen molar-refractivity contribution in [2.45, 2.75) is 78.0 Å². The van der Waals surface area contributed by atoms with E-state index in [9.17, 15) is 14.4 Å². The van der Waals surface area contributed by atoms with Gasteiger partial charge in [0.2, 0.25) is 11.9 Å². The van der Waals surface area contributed by atoms with Gasteiger partial charge >= 0.3 is 12.2 Å². The fourth-order valence-corrected chi connectivity index (χ4v) is 2.65. The van der Waals surface area contributed by atoms with Gasteiger partial charge in [-0.25, -0.2) is 9.59 Å². The first kappa shape index (κ1) is 28.9. The van der Waals surface area contributed by atoms with Gasteiger partial charge in [0.05, 0.1) is 6.04 Å². The first-order valence-corrected chi connectivity index (χ1v) is 11.4. The highest BCUT2D eigenvalue weighted by Crippen LogP contribution is 2.09. The number of nitrogens with two attached hydrogens (primary N) is 1. The van der Waals surface area contributed by atoms with Gasteiger partial charge in [-0.2, -0.15) is 0 Å². The number of carbonyl (C=O) groups excluding carboxylic acids is 3. The zero-order valence-corrected chi connectivity index (χ0v) is 21.1. The van der Waals surface area contributed by atoms with Gasteiger partial charge in [0.1, 0.15) is 11.2 Å². The molecule has 1 atom stereocenters. The first-order chi connectivity index (χ1) is 15.7. The lowest BCUT2D eigenvalue weighted by atomic mass is 10.1. The van der Waals surface area contributed by atoms with Crippen molar-refractivity contribution in [2.24, 2.45) is 10.7 Å². The Kier molecular flexibility index (Phi) is 11.5. The molecule has 1 rings (SSSR count). The predicted molar refractivity (Wildman–Crippen MR) is 131 cm³/mol. The van der Waals surface area contributed by atoms with Crippen molar-refractivity contribution in [3.8, 4) is 0 Å². The monoisotopic (exact) mass is 477 g/mol. The molecule has 0 saturated heterocycles. The average molecular weight is 478 g/mol. The fourth-order valence-electron chi connectivity index (χ4n) is 2.65. The topological polar surface area (TPSA) is 144 Å². The lowest BCUT2D eigenvalue weighted by Gasteiger charge is -2.21. The molecule has 0 fully saturated rings. The Balaban J connectivity index is 2.47. The largest absolute Gasteiger partial charge is 0.444 e. The Morgan fingerprint density at radius 1 is 0.912 bits per heavy atom. The molecule has 34 heavy (non-hydrogen) atoms. The third kappa shape index (κ3) is 14.1. The minimum absolute atomic E-state index is 0.0718. The molecule has 1 aromatic rings. The highest BCUT2D eigenvalue weighted by Gasteiger charge is 2.20. The summed E-state index contributed by atoms with van der Waals surface area (Å²) in [4.78, 5) is 40.1. The maximum Gasteiger partial charge on any atom is 0.437 e. The van der Waals surface area contributed by atoms with Gasteiger partial charge in [-0.3, -0.25) is 10.1 Å². The molecule has 0 unspecified atom stereocenters. The van der Waals surface area contributed by atoms with Crippen molar-refractivity contribution in [3.05, 3.63) is 35.9 Å². The number of benzene rings is 1. The van der Waals surface area contributed by atoms with E-state index in [1.54, 1.807) is 41.5 Å². The van der Waals surface area contributed by atoms with Crippen LogP contribution in [0.25, 0.3) is 0 Å². The predicted octanol–water partition coefficient (Wildman–Crippen LogP) is 2.86. The second-order valence-electron chi connectivity index (χ2n) is 9.79. The van der Waals surface area contributed by atoms with Crippen molar-refractivity contribution >= 4 is 24.1 Å². The number of unbranched alkanes of at least 4 members (excludes halogenated alkanes) is 1. The van der Waals surface area contributed by atoms with Gasteiger partial charge in [-0.1, -0.05) is 30.3 Å². The normalized spacial score (nSPS) is 13.0. The average Bonchev–Trinajstić information content (AvgIpc) is 2.68. The number of carbonyl (C=O) groups is 3. The van der Waals surface area contributed by atoms with E-state index in [1.165, 1.54) is 0 Å². The van der Waals surface area contributed by atoms with Gasteiger partial charge in [0.25, 0.3) is 0 Å². The third-order valence-electron chi connectivity index (χ3n) is 4.05. The number of aliphatic imine (C=N–C) groups is 1. The molecule has 0 spiro atoms. The molecule has 0 aliphatic heterocycles. The van der Waals surface area contributed by atoms with E-state index in [-0.39, 0.29) is 11.9 Å². The van der Waals surface area contributed by atoms with Crippen molar-refractivity contribution in [3.63, 3.8) is 0 Å². The van der Waals surface area contributed by atoms with E-state index in [0.29, 0.717) is 32.4 Å². The lowest BCUT2D eigenvalue weighted by molar-refractivity contribution is -0.122. The Morgan fingerprint density at radius 3 is 2.03 bits per heavy atom. The molecule has 1 aromatic carbocycles. The molecular weight excluding hydrogens is 438 g/mol. The number of rotatable bonds is 8. The number of ether oxygens (including phenoxy) is 2. The quantitative estimate of drug-likeness (QED) is 0.256. The van der Waals surface area contributed by atoms with Crippen LogP contribution in [0.4, 0.5) is 9.59 Å². The van der Waals surface area contributed by atoms with E-state index in [4.69, 9.17) is 15.2 Å². The molecule has 3 amide bonds. The van der Waals surface area contributed by atoms with E-state index in [2.05, 4.69) is 20.9 Å². The Bertz CT molecular complexity index is 828. The number of hydrogen-bond acceptors (Lipinski definition) is 6. The Morgan fingerprint density at radius 2 is 1.47 bits per heavy atom. The molecule has 0 aliphatic rings. The maximum atomic E-state index is 12.2. The van der Waals surface area contributed by atoms with Crippen molar-refractivity contribution in [1.82, 2.24) is 16.0 Å². The van der Waals surface area contributed by atoms with E-state index >= 15 is 0 Å². The van der Waals surface area contributed by atoms with Gasteiger partial charge in [0, 0.05) is 13.1 Å². The van der Waals surface area contributed by atoms with Crippen LogP contribution in [-0.2, 0) is 20.7 Å². The molecule has 0 radical (unpaired) electrons. The van der Waals surface area contributed by atoms with Crippen molar-refractivity contribution < 1.29 is 23.9 Å². The zero-order valence-electron chi connectivity index (χ0n) is 21.1. The fraction of sp³-hybridized carbons (Fsp3) is 0.583. The van der Waals surface area contributed by atoms with E-state index in [1.807, 2.05) is 30.3 Å². The molecule has 0 bridgehead atoms. The summed E-state index contributed by atoms with van der Waals surface area (Å²) in [7, 11) is 0. The van der Waals surface area contributed by atoms with E-state index < -0.39 is 29.4 Å². The number of alkyl carbamates (subject to hydrolysis) is 1. The number of nitrogens with one attached hydrogen (secondary N) is 3. The van der Waals surface area contributed by atoms with Crippen LogP contribution in [0.15, 0.2) is 35.3 Å². The minimum Gasteiger partial charge on any atom is -0.444 e. The number of amides is 3. The lowest BCUT2D eigenvalue weighted by Crippen LogP contribution is -2.44. The van der Waals surface area contributed by atoms with Gasteiger partial charge < -0.3 is 25.8 Å². The van der Waals surface area contributed by atoms with Crippen LogP contribution in [0, 0.1) is 0 Å². The third-order valence-corrected chi connectivity index (χ3v) is 4.05. The smallest absolute Gasteiger partial charge is 0.437 e. The summed E-state index contributed by atoms with van der Waals surface area (Å²) in [5.74, 6) is -0.284. The number of hydrogen-bond donors (Lipinski definition) is 4. The molecule has 190 valence electrons. The summed E-state index contributed by atoms with van der Waals surface area (Å²) < 4.78 is 10.4. The summed E-state index contributed by atoms with van der Waals surface area (Å²) in [6, 6.07) is 8.97. The van der Waals surface area contributed by atoms with Crippen molar-refractivity contribution in [2.75, 3.05) is 13.1 Å². The van der Waals surface area contributed by atoms with Gasteiger partial charge in [-0.05, 0) is 66.4 Å². The summed E-state index contributed by atoms with van der Waals surface area (Å²) in [6.45, 7) is 11.2. The molecule has 10 heteroatoms. The van der Waals surface area contributed by atoms with Gasteiger partial charge in [0.15, 0.2) is 0 Å². The summed E-state index contributed by atoms with van der Waals surface area (Å²) >= 11 is 0. The van der Waals surface area contributed by atoms with Crippen LogP contribution in [0.1, 0.15) is 59.9 Å². The molecule has 0 saturated carbocycles. The Labute approximate surface area is 202 Å². The first-order valence-electron chi connectivity index (χ1n) is 11.4. The molecule has 10 nitrogen and oxygen atoms in total. The zero-order chi connectivity index (χ0) is 25.8. The maximum absolute atomic E-state index is 12.2. The highest BCUT2D eigenvalue weighted by atomic mass is 16.6. The standard InChI is InChI=1S/C24H39N5O5/c1-23(2,3)33-21(31)28-20(29-22(32)34-24(4,5)6)27-15-11-10-14-26-19(30)18(25)16-17-12-8-7-9-13-17/h7-9,12-13,18H,10-11,14-16,25H2,1-6H3,(H,26,30)(H2,27,28,29,31,32)/t18-/m0/s1. The van der Waals surface area contributed by atoms with Gasteiger partial charge in [-0.15, -0.1) is 4.99 Å². The number of nitrogens with zero attached hydrogens (tertiary/aromatic N) is 1. The summed E-state index contributed by atoms with van der Waals surface area (Å²) in [5, 5.41) is 8.15. The second kappa shape index (κ2) is 13.5. The molecule has 0 aliphatic carbocycles. The van der Waals surface area contributed by atoms with Crippen LogP contribution < -0.4 is 21.7 Å². The van der Waals surface area contributed by atoms with Crippen LogP contribution in [0.5, 0.6) is 0 Å². The molecule has 5 N–H and O–H groups in total.